The molecule has 0 amide bonds. The molecule has 0 aliphatic carbocycles. The van der Waals surface area contributed by atoms with E-state index in [4.69, 9.17) is 4.74 Å². The lowest BCUT2D eigenvalue weighted by Gasteiger charge is -2.23. The molecular formula is C13H22N2O2S. The van der Waals surface area contributed by atoms with Crippen molar-refractivity contribution in [2.24, 2.45) is 5.92 Å². The molecule has 1 aromatic rings. The first-order valence-corrected chi connectivity index (χ1v) is 6.96. The van der Waals surface area contributed by atoms with Crippen LogP contribution >= 0.6 is 11.3 Å². The number of hydrogen-bond donors (Lipinski definition) is 1. The van der Waals surface area contributed by atoms with E-state index in [2.05, 4.69) is 17.2 Å². The minimum Gasteiger partial charge on any atom is -0.469 e. The summed E-state index contributed by atoms with van der Waals surface area (Å²) >= 11 is 1.70. The smallest absolute Gasteiger partial charge is 0.309 e. The molecule has 18 heavy (non-hydrogen) atoms. The fourth-order valence-corrected chi connectivity index (χ4v) is 2.89. The van der Waals surface area contributed by atoms with Crippen molar-refractivity contribution >= 4 is 17.3 Å². The molecule has 1 heterocycles. The first kappa shape index (κ1) is 15.1. The summed E-state index contributed by atoms with van der Waals surface area (Å²) in [5, 5.41) is 4.51. The maximum absolute atomic E-state index is 11.5. The Morgan fingerprint density at radius 1 is 1.33 bits per heavy atom. The summed E-state index contributed by atoms with van der Waals surface area (Å²) in [4.78, 5) is 17.1. The Morgan fingerprint density at radius 2 is 1.94 bits per heavy atom. The number of ether oxygens (including phenoxy) is 1. The molecule has 0 spiro atoms. The lowest BCUT2D eigenvalue weighted by Crippen LogP contribution is -2.38. The van der Waals surface area contributed by atoms with E-state index < -0.39 is 0 Å². The predicted octanol–water partition coefficient (Wildman–Crippen LogP) is 2.61. The van der Waals surface area contributed by atoms with Gasteiger partial charge in [0.05, 0.1) is 23.7 Å². The van der Waals surface area contributed by atoms with Crippen LogP contribution in [-0.4, -0.2) is 24.1 Å². The fraction of sp³-hybridized carbons (Fsp3) is 0.692. The lowest BCUT2D eigenvalue weighted by molar-refractivity contribution is -0.145. The Balaban J connectivity index is 2.67. The van der Waals surface area contributed by atoms with E-state index in [-0.39, 0.29) is 24.0 Å². The van der Waals surface area contributed by atoms with Crippen LogP contribution in [0.25, 0.3) is 0 Å². The van der Waals surface area contributed by atoms with Crippen molar-refractivity contribution < 1.29 is 9.53 Å². The van der Waals surface area contributed by atoms with Crippen molar-refractivity contribution in [3.63, 3.8) is 0 Å². The average molecular weight is 270 g/mol. The Bertz CT molecular complexity index is 417. The van der Waals surface area contributed by atoms with Gasteiger partial charge in [0.2, 0.25) is 0 Å². The van der Waals surface area contributed by atoms with E-state index in [0.717, 1.165) is 10.7 Å². The molecule has 1 N–H and O–H groups in total. The van der Waals surface area contributed by atoms with Crippen molar-refractivity contribution in [3.05, 3.63) is 15.6 Å². The summed E-state index contributed by atoms with van der Waals surface area (Å²) < 4.78 is 4.76. The van der Waals surface area contributed by atoms with Crippen molar-refractivity contribution in [2.45, 2.75) is 46.7 Å². The molecular weight excluding hydrogens is 248 g/mol. The van der Waals surface area contributed by atoms with Gasteiger partial charge in [0, 0.05) is 17.0 Å². The third kappa shape index (κ3) is 3.53. The predicted molar refractivity (Wildman–Crippen MR) is 73.8 cm³/mol. The molecule has 5 heteroatoms. The largest absolute Gasteiger partial charge is 0.469 e. The number of carbonyl (C=O) groups is 1. The Morgan fingerprint density at radius 3 is 2.39 bits per heavy atom. The number of nitrogens with zero attached hydrogens (tertiary/aromatic N) is 1. The third-order valence-corrected chi connectivity index (χ3v) is 4.42. The van der Waals surface area contributed by atoms with Gasteiger partial charge in [-0.25, -0.2) is 4.98 Å². The maximum atomic E-state index is 11.5. The zero-order valence-electron chi connectivity index (χ0n) is 11.9. The molecule has 0 saturated carbocycles. The number of aromatic nitrogens is 1. The number of aryl methyl sites for hydroxylation is 2. The molecule has 0 aromatic carbocycles. The Kier molecular flexibility index (Phi) is 5.28. The first-order chi connectivity index (χ1) is 8.36. The molecule has 0 bridgehead atoms. The van der Waals surface area contributed by atoms with Crippen LogP contribution in [0.1, 0.15) is 42.4 Å². The van der Waals surface area contributed by atoms with Crippen LogP contribution in [-0.2, 0) is 9.53 Å². The van der Waals surface area contributed by atoms with Crippen LogP contribution in [0.15, 0.2) is 0 Å². The minimum absolute atomic E-state index is 0.0641. The number of rotatable bonds is 5. The summed E-state index contributed by atoms with van der Waals surface area (Å²) in [5.74, 6) is -0.341. The highest BCUT2D eigenvalue weighted by molar-refractivity contribution is 7.11. The molecule has 0 aliphatic rings. The zero-order valence-corrected chi connectivity index (χ0v) is 12.7. The van der Waals surface area contributed by atoms with Crippen LogP contribution in [0.4, 0.5) is 0 Å². The molecule has 3 unspecified atom stereocenters. The lowest BCUT2D eigenvalue weighted by atomic mass is 10.0. The van der Waals surface area contributed by atoms with Gasteiger partial charge in [0.15, 0.2) is 0 Å². The molecule has 1 aromatic heterocycles. The normalized spacial score (nSPS) is 16.1. The number of thiazole rings is 1. The summed E-state index contributed by atoms with van der Waals surface area (Å²) in [5.41, 5.74) is 1.07. The van der Waals surface area contributed by atoms with Gasteiger partial charge in [-0.3, -0.25) is 4.79 Å². The van der Waals surface area contributed by atoms with E-state index in [1.807, 2.05) is 27.7 Å². The second-order valence-electron chi connectivity index (χ2n) is 4.67. The maximum Gasteiger partial charge on any atom is 0.309 e. The Labute approximate surface area is 113 Å². The van der Waals surface area contributed by atoms with E-state index in [9.17, 15) is 4.79 Å². The van der Waals surface area contributed by atoms with Crippen LogP contribution in [0.5, 0.6) is 0 Å². The SMILES string of the molecule is COC(=O)C(C)C(C)NC(C)c1sc(C)nc1C. The molecule has 0 fully saturated rings. The summed E-state index contributed by atoms with van der Waals surface area (Å²) in [6, 6.07) is 0.257. The topological polar surface area (TPSA) is 51.2 Å². The van der Waals surface area contributed by atoms with Crippen molar-refractivity contribution in [2.75, 3.05) is 7.11 Å². The first-order valence-electron chi connectivity index (χ1n) is 6.14. The van der Waals surface area contributed by atoms with E-state index in [1.165, 1.54) is 12.0 Å². The van der Waals surface area contributed by atoms with Crippen LogP contribution < -0.4 is 5.32 Å². The monoisotopic (exact) mass is 270 g/mol. The number of carbonyl (C=O) groups excluding carboxylic acids is 1. The second-order valence-corrected chi connectivity index (χ2v) is 5.91. The van der Waals surface area contributed by atoms with Gasteiger partial charge in [-0.15, -0.1) is 11.3 Å². The van der Waals surface area contributed by atoms with Crippen LogP contribution in [0.3, 0.4) is 0 Å². The minimum atomic E-state index is -0.181. The van der Waals surface area contributed by atoms with Gasteiger partial charge in [-0.2, -0.15) is 0 Å². The number of methoxy groups -OCH3 is 1. The highest BCUT2D eigenvalue weighted by atomic mass is 32.1. The molecule has 102 valence electrons. The molecule has 0 radical (unpaired) electrons. The Hall–Kier alpha value is -0.940. The second kappa shape index (κ2) is 6.29. The van der Waals surface area contributed by atoms with E-state index in [1.54, 1.807) is 11.3 Å². The zero-order chi connectivity index (χ0) is 13.9. The summed E-state index contributed by atoms with van der Waals surface area (Å²) in [6.07, 6.45) is 0. The van der Waals surface area contributed by atoms with Gasteiger partial charge in [-0.1, -0.05) is 6.92 Å². The highest BCUT2D eigenvalue weighted by Crippen LogP contribution is 2.25. The molecule has 3 atom stereocenters. The van der Waals surface area contributed by atoms with Gasteiger partial charge >= 0.3 is 5.97 Å². The van der Waals surface area contributed by atoms with Crippen molar-refractivity contribution in [1.82, 2.24) is 10.3 Å². The highest BCUT2D eigenvalue weighted by Gasteiger charge is 2.23. The molecule has 0 aliphatic heterocycles. The van der Waals surface area contributed by atoms with Crippen molar-refractivity contribution in [3.8, 4) is 0 Å². The summed E-state index contributed by atoms with van der Waals surface area (Å²) in [6.45, 7) is 10.0. The van der Waals surface area contributed by atoms with Gasteiger partial charge in [0.1, 0.15) is 0 Å². The third-order valence-electron chi connectivity index (χ3n) is 3.17. The van der Waals surface area contributed by atoms with Crippen molar-refractivity contribution in [1.29, 1.82) is 0 Å². The van der Waals surface area contributed by atoms with Crippen LogP contribution in [0, 0.1) is 19.8 Å². The number of hydrogen-bond acceptors (Lipinski definition) is 5. The van der Waals surface area contributed by atoms with E-state index in [0.29, 0.717) is 0 Å². The van der Waals surface area contributed by atoms with Gasteiger partial charge < -0.3 is 10.1 Å². The molecule has 0 saturated heterocycles. The number of nitrogens with one attached hydrogen (secondary N) is 1. The van der Waals surface area contributed by atoms with E-state index >= 15 is 0 Å². The molecule has 1 rings (SSSR count). The van der Waals surface area contributed by atoms with Gasteiger partial charge in [0.25, 0.3) is 0 Å². The average Bonchev–Trinajstić information content (AvgIpc) is 2.66. The number of esters is 1. The van der Waals surface area contributed by atoms with Gasteiger partial charge in [-0.05, 0) is 27.7 Å². The quantitative estimate of drug-likeness (QED) is 0.836. The fourth-order valence-electron chi connectivity index (χ4n) is 1.95. The molecule has 4 nitrogen and oxygen atoms in total. The van der Waals surface area contributed by atoms with Crippen LogP contribution in [0.2, 0.25) is 0 Å². The standard InChI is InChI=1S/C13H22N2O2S/c1-7(13(16)17-6)8(2)14-9(3)12-10(4)15-11(5)18-12/h7-9,14H,1-6H3. The summed E-state index contributed by atoms with van der Waals surface area (Å²) in [7, 11) is 1.42.